The summed E-state index contributed by atoms with van der Waals surface area (Å²) < 4.78 is 5.56. The Morgan fingerprint density at radius 2 is 2.07 bits per heavy atom. The van der Waals surface area contributed by atoms with Crippen molar-refractivity contribution in [3.8, 4) is 0 Å². The Balaban J connectivity index is 2.57. The van der Waals surface area contributed by atoms with Gasteiger partial charge in [0.1, 0.15) is 11.5 Å². The molecule has 3 heteroatoms. The lowest BCUT2D eigenvalue weighted by Gasteiger charge is -2.21. The number of hydrazine groups is 1. The topological polar surface area (TPSA) is 51.2 Å². The quantitative estimate of drug-likeness (QED) is 0.593. The minimum absolute atomic E-state index is 0.123. The van der Waals surface area contributed by atoms with E-state index >= 15 is 0 Å². The monoisotopic (exact) mass is 210 g/mol. The third kappa shape index (κ3) is 4.06. The zero-order valence-electron chi connectivity index (χ0n) is 10.1. The molecule has 3 N–H and O–H groups in total. The summed E-state index contributed by atoms with van der Waals surface area (Å²) in [7, 11) is 0. The number of nitrogens with two attached hydrogens (primary N) is 1. The maximum absolute atomic E-state index is 5.56. The highest BCUT2D eigenvalue weighted by Gasteiger charge is 2.17. The summed E-state index contributed by atoms with van der Waals surface area (Å²) in [5.41, 5.74) is 3.14. The number of aryl methyl sites for hydroxylation is 1. The molecule has 3 nitrogen and oxygen atoms in total. The van der Waals surface area contributed by atoms with Gasteiger partial charge in [-0.15, -0.1) is 0 Å². The number of hydrogen-bond acceptors (Lipinski definition) is 3. The molecule has 0 radical (unpaired) electrons. The van der Waals surface area contributed by atoms with E-state index in [-0.39, 0.29) is 6.04 Å². The van der Waals surface area contributed by atoms with Crippen molar-refractivity contribution in [2.24, 2.45) is 11.3 Å². The van der Waals surface area contributed by atoms with Crippen LogP contribution < -0.4 is 11.3 Å². The number of nitrogens with one attached hydrogen (secondary N) is 1. The third-order valence-electron chi connectivity index (χ3n) is 2.49. The van der Waals surface area contributed by atoms with Gasteiger partial charge in [0.05, 0.1) is 6.04 Å². The van der Waals surface area contributed by atoms with Crippen molar-refractivity contribution in [2.75, 3.05) is 0 Å². The smallest absolute Gasteiger partial charge is 0.122 e. The van der Waals surface area contributed by atoms with Crippen LogP contribution in [0.2, 0.25) is 0 Å². The Bertz CT molecular complexity index is 299. The average molecular weight is 210 g/mol. The lowest BCUT2D eigenvalue weighted by atomic mass is 9.88. The maximum atomic E-state index is 5.56. The molecule has 0 aliphatic carbocycles. The first-order valence-electron chi connectivity index (χ1n) is 5.45. The van der Waals surface area contributed by atoms with E-state index in [0.29, 0.717) is 5.41 Å². The Kier molecular flexibility index (Phi) is 3.94. The van der Waals surface area contributed by atoms with Gasteiger partial charge >= 0.3 is 0 Å². The van der Waals surface area contributed by atoms with Crippen molar-refractivity contribution < 1.29 is 4.42 Å². The van der Waals surface area contributed by atoms with Gasteiger partial charge in [0.2, 0.25) is 0 Å². The molecular formula is C12H22N2O. The lowest BCUT2D eigenvalue weighted by molar-refractivity contribution is 0.310. The van der Waals surface area contributed by atoms with Crippen molar-refractivity contribution >= 4 is 0 Å². The Morgan fingerprint density at radius 1 is 1.40 bits per heavy atom. The van der Waals surface area contributed by atoms with E-state index in [9.17, 15) is 0 Å². The predicted octanol–water partition coefficient (Wildman–Crippen LogP) is 2.92. The molecule has 0 spiro atoms. The van der Waals surface area contributed by atoms with Crippen LogP contribution in [-0.4, -0.2) is 0 Å². The zero-order chi connectivity index (χ0) is 11.5. The molecule has 1 rings (SSSR count). The molecule has 1 aromatic rings. The number of furan rings is 1. The zero-order valence-corrected chi connectivity index (χ0v) is 10.1. The minimum Gasteiger partial charge on any atom is -0.465 e. The predicted molar refractivity (Wildman–Crippen MR) is 62.2 cm³/mol. The van der Waals surface area contributed by atoms with Gasteiger partial charge in [-0.25, -0.2) is 5.43 Å². The molecule has 0 fully saturated rings. The maximum Gasteiger partial charge on any atom is 0.122 e. The summed E-state index contributed by atoms with van der Waals surface area (Å²) in [5.74, 6) is 7.39. The van der Waals surface area contributed by atoms with E-state index in [1.807, 2.05) is 19.1 Å². The van der Waals surface area contributed by atoms with Crippen LogP contribution in [0, 0.1) is 12.3 Å². The van der Waals surface area contributed by atoms with Gasteiger partial charge in [-0.1, -0.05) is 20.8 Å². The van der Waals surface area contributed by atoms with Crippen molar-refractivity contribution in [2.45, 2.75) is 46.6 Å². The fourth-order valence-electron chi connectivity index (χ4n) is 1.53. The van der Waals surface area contributed by atoms with Crippen molar-refractivity contribution in [1.29, 1.82) is 0 Å². The van der Waals surface area contributed by atoms with Crippen molar-refractivity contribution in [3.05, 3.63) is 23.7 Å². The SMILES string of the molecule is Cc1ccc(C(CCC(C)(C)C)NN)o1. The lowest BCUT2D eigenvalue weighted by Crippen LogP contribution is -2.28. The number of rotatable bonds is 4. The van der Waals surface area contributed by atoms with E-state index in [1.165, 1.54) is 0 Å². The molecule has 1 aromatic heterocycles. The molecule has 1 atom stereocenters. The molecule has 15 heavy (non-hydrogen) atoms. The van der Waals surface area contributed by atoms with Crippen LogP contribution in [0.15, 0.2) is 16.5 Å². The third-order valence-corrected chi connectivity index (χ3v) is 2.49. The second-order valence-corrected chi connectivity index (χ2v) is 5.27. The summed E-state index contributed by atoms with van der Waals surface area (Å²) in [6.45, 7) is 8.64. The molecule has 0 amide bonds. The van der Waals surface area contributed by atoms with Crippen LogP contribution in [0.5, 0.6) is 0 Å². The first kappa shape index (κ1) is 12.3. The van der Waals surface area contributed by atoms with Gasteiger partial charge in [0, 0.05) is 0 Å². The second kappa shape index (κ2) is 4.81. The van der Waals surface area contributed by atoms with Crippen LogP contribution in [-0.2, 0) is 0 Å². The van der Waals surface area contributed by atoms with Gasteiger partial charge in [-0.3, -0.25) is 5.84 Å². The Morgan fingerprint density at radius 3 is 2.47 bits per heavy atom. The fraction of sp³-hybridized carbons (Fsp3) is 0.667. The molecule has 0 bridgehead atoms. The largest absolute Gasteiger partial charge is 0.465 e. The van der Waals surface area contributed by atoms with E-state index in [2.05, 4.69) is 26.2 Å². The Labute approximate surface area is 92.0 Å². The fourth-order valence-corrected chi connectivity index (χ4v) is 1.53. The van der Waals surface area contributed by atoms with Crippen LogP contribution in [0.1, 0.15) is 51.2 Å². The van der Waals surface area contributed by atoms with Gasteiger partial charge in [-0.2, -0.15) is 0 Å². The molecule has 86 valence electrons. The van der Waals surface area contributed by atoms with Crippen LogP contribution in [0.3, 0.4) is 0 Å². The van der Waals surface area contributed by atoms with E-state index in [1.54, 1.807) is 0 Å². The molecule has 1 heterocycles. The van der Waals surface area contributed by atoms with E-state index in [0.717, 1.165) is 24.4 Å². The first-order chi connectivity index (χ1) is 6.92. The van der Waals surface area contributed by atoms with Crippen LogP contribution in [0.25, 0.3) is 0 Å². The molecule has 0 aliphatic heterocycles. The highest BCUT2D eigenvalue weighted by atomic mass is 16.3. The average Bonchev–Trinajstić information content (AvgIpc) is 2.51. The summed E-state index contributed by atoms with van der Waals surface area (Å²) >= 11 is 0. The molecule has 0 aliphatic rings. The highest BCUT2D eigenvalue weighted by Crippen LogP contribution is 2.27. The van der Waals surface area contributed by atoms with E-state index in [4.69, 9.17) is 10.3 Å². The summed E-state index contributed by atoms with van der Waals surface area (Å²) in [5, 5.41) is 0. The molecule has 0 saturated heterocycles. The molecule has 0 saturated carbocycles. The molecule has 1 unspecified atom stereocenters. The first-order valence-corrected chi connectivity index (χ1v) is 5.45. The van der Waals surface area contributed by atoms with Crippen molar-refractivity contribution in [3.63, 3.8) is 0 Å². The van der Waals surface area contributed by atoms with E-state index < -0.39 is 0 Å². The van der Waals surface area contributed by atoms with Crippen LogP contribution in [0.4, 0.5) is 0 Å². The van der Waals surface area contributed by atoms with Crippen LogP contribution >= 0.6 is 0 Å². The standard InChI is InChI=1S/C12H22N2O/c1-9-5-6-11(15-9)10(14-13)7-8-12(2,3)4/h5-6,10,14H,7-8,13H2,1-4H3. The summed E-state index contributed by atoms with van der Waals surface area (Å²) in [4.78, 5) is 0. The van der Waals surface area contributed by atoms with Gasteiger partial charge in [-0.05, 0) is 37.3 Å². The normalized spacial score (nSPS) is 14.2. The Hall–Kier alpha value is -0.800. The second-order valence-electron chi connectivity index (χ2n) is 5.27. The minimum atomic E-state index is 0.123. The van der Waals surface area contributed by atoms with Gasteiger partial charge in [0.25, 0.3) is 0 Å². The summed E-state index contributed by atoms with van der Waals surface area (Å²) in [6, 6.07) is 4.08. The molecular weight excluding hydrogens is 188 g/mol. The van der Waals surface area contributed by atoms with Gasteiger partial charge < -0.3 is 4.42 Å². The molecule has 0 aromatic carbocycles. The van der Waals surface area contributed by atoms with Crippen molar-refractivity contribution in [1.82, 2.24) is 5.43 Å². The van der Waals surface area contributed by atoms with Gasteiger partial charge in [0.15, 0.2) is 0 Å². The number of hydrogen-bond donors (Lipinski definition) is 2. The summed E-state index contributed by atoms with van der Waals surface area (Å²) in [6.07, 6.45) is 2.11. The highest BCUT2D eigenvalue weighted by molar-refractivity contribution is 5.09.